The molecule has 1 atom stereocenters. The summed E-state index contributed by atoms with van der Waals surface area (Å²) in [6, 6.07) is 9.53. The molecule has 2 aromatic carbocycles. The molecule has 0 aliphatic carbocycles. The normalized spacial score (nSPS) is 12.5. The molecule has 1 heterocycles. The zero-order valence-corrected chi connectivity index (χ0v) is 11.6. The Balaban J connectivity index is 2.30. The minimum atomic E-state index is -1.04. The van der Waals surface area contributed by atoms with E-state index >= 15 is 0 Å². The molecule has 4 nitrogen and oxygen atoms in total. The van der Waals surface area contributed by atoms with Crippen molar-refractivity contribution >= 4 is 17.0 Å². The van der Waals surface area contributed by atoms with Crippen LogP contribution in [0, 0.1) is 11.6 Å². The molecule has 0 fully saturated rings. The first-order valence-electron chi connectivity index (χ1n) is 6.64. The third kappa shape index (κ3) is 2.22. The molecule has 0 saturated heterocycles. The number of halogens is 2. The van der Waals surface area contributed by atoms with E-state index < -0.39 is 23.6 Å². The first-order chi connectivity index (χ1) is 10.5. The Hall–Kier alpha value is -2.76. The highest BCUT2D eigenvalue weighted by molar-refractivity contribution is 5.84. The van der Waals surface area contributed by atoms with Gasteiger partial charge in [0, 0.05) is 5.56 Å². The van der Waals surface area contributed by atoms with Gasteiger partial charge in [0.15, 0.2) is 11.6 Å². The van der Waals surface area contributed by atoms with Crippen LogP contribution >= 0.6 is 0 Å². The van der Waals surface area contributed by atoms with Gasteiger partial charge in [-0.05, 0) is 37.3 Å². The van der Waals surface area contributed by atoms with Crippen LogP contribution in [0.5, 0.6) is 0 Å². The lowest BCUT2D eigenvalue weighted by Crippen LogP contribution is -2.16. The van der Waals surface area contributed by atoms with E-state index in [0.717, 1.165) is 12.1 Å². The zero-order chi connectivity index (χ0) is 15.9. The molecule has 1 aromatic heterocycles. The monoisotopic (exact) mass is 302 g/mol. The van der Waals surface area contributed by atoms with E-state index in [4.69, 9.17) is 0 Å². The minimum Gasteiger partial charge on any atom is -0.480 e. The van der Waals surface area contributed by atoms with E-state index in [0.29, 0.717) is 16.6 Å². The maximum atomic E-state index is 13.5. The van der Waals surface area contributed by atoms with E-state index in [1.165, 1.54) is 17.6 Å². The molecular formula is C16H12F2N2O2. The summed E-state index contributed by atoms with van der Waals surface area (Å²) in [5, 5.41) is 9.30. The molecule has 6 heteroatoms. The van der Waals surface area contributed by atoms with Gasteiger partial charge in [-0.15, -0.1) is 0 Å². The van der Waals surface area contributed by atoms with Crippen molar-refractivity contribution in [1.82, 2.24) is 9.55 Å². The maximum absolute atomic E-state index is 13.5. The quantitative estimate of drug-likeness (QED) is 0.804. The third-order valence-corrected chi connectivity index (χ3v) is 3.52. The molecule has 112 valence electrons. The second-order valence-corrected chi connectivity index (χ2v) is 4.94. The van der Waals surface area contributed by atoms with Crippen molar-refractivity contribution in [2.45, 2.75) is 13.0 Å². The second kappa shape index (κ2) is 5.22. The predicted molar refractivity (Wildman–Crippen MR) is 77.4 cm³/mol. The number of carboxylic acid groups (broad SMARTS) is 1. The number of hydrogen-bond donors (Lipinski definition) is 1. The van der Waals surface area contributed by atoms with Gasteiger partial charge >= 0.3 is 5.97 Å². The summed E-state index contributed by atoms with van der Waals surface area (Å²) in [5.74, 6) is -2.71. The van der Waals surface area contributed by atoms with E-state index in [1.807, 2.05) is 0 Å². The Morgan fingerprint density at radius 1 is 1.18 bits per heavy atom. The summed E-state index contributed by atoms with van der Waals surface area (Å²) in [7, 11) is 0. The fraction of sp³-hybridized carbons (Fsp3) is 0.125. The molecule has 0 aliphatic heterocycles. The topological polar surface area (TPSA) is 55.1 Å². The van der Waals surface area contributed by atoms with Crippen LogP contribution in [0.3, 0.4) is 0 Å². The number of aliphatic carboxylic acids is 1. The van der Waals surface area contributed by atoms with Crippen molar-refractivity contribution in [2.75, 3.05) is 0 Å². The molecular weight excluding hydrogens is 290 g/mol. The van der Waals surface area contributed by atoms with Crippen LogP contribution in [0.2, 0.25) is 0 Å². The Morgan fingerprint density at radius 2 is 1.91 bits per heavy atom. The average Bonchev–Trinajstić information content (AvgIpc) is 2.88. The number of fused-ring (bicyclic) bond motifs is 1. The number of carboxylic acids is 1. The van der Waals surface area contributed by atoms with Crippen LogP contribution in [-0.2, 0) is 4.79 Å². The molecule has 1 N–H and O–H groups in total. The van der Waals surface area contributed by atoms with Crippen LogP contribution in [0.25, 0.3) is 22.4 Å². The number of aromatic nitrogens is 2. The van der Waals surface area contributed by atoms with Crippen LogP contribution in [0.4, 0.5) is 8.78 Å². The molecule has 3 aromatic rings. The van der Waals surface area contributed by atoms with Crippen molar-refractivity contribution in [3.8, 4) is 11.4 Å². The van der Waals surface area contributed by atoms with Gasteiger partial charge in [0.05, 0.1) is 11.0 Å². The van der Waals surface area contributed by atoms with Gasteiger partial charge in [-0.25, -0.2) is 18.6 Å². The number of para-hydroxylation sites is 2. The molecule has 0 bridgehead atoms. The van der Waals surface area contributed by atoms with Crippen LogP contribution in [0.15, 0.2) is 42.5 Å². The number of carbonyl (C=O) groups is 1. The Kier molecular flexibility index (Phi) is 3.36. The molecule has 0 amide bonds. The molecule has 22 heavy (non-hydrogen) atoms. The molecule has 0 saturated carbocycles. The number of hydrogen-bond acceptors (Lipinski definition) is 2. The predicted octanol–water partition coefficient (Wildman–Crippen LogP) is 3.63. The molecule has 3 rings (SSSR count). The van der Waals surface area contributed by atoms with Gasteiger partial charge in [-0.2, -0.15) is 0 Å². The number of nitrogens with zero attached hydrogens (tertiary/aromatic N) is 2. The molecule has 1 unspecified atom stereocenters. The van der Waals surface area contributed by atoms with Gasteiger partial charge in [-0.3, -0.25) is 0 Å². The fourth-order valence-corrected chi connectivity index (χ4v) is 2.39. The lowest BCUT2D eigenvalue weighted by Gasteiger charge is -2.13. The highest BCUT2D eigenvalue weighted by Gasteiger charge is 2.22. The van der Waals surface area contributed by atoms with Crippen molar-refractivity contribution < 1.29 is 18.7 Å². The Labute approximate surface area is 124 Å². The summed E-state index contributed by atoms with van der Waals surface area (Å²) in [6.07, 6.45) is 0. The lowest BCUT2D eigenvalue weighted by atomic mass is 10.2. The van der Waals surface area contributed by atoms with Crippen LogP contribution in [-0.4, -0.2) is 20.6 Å². The highest BCUT2D eigenvalue weighted by Crippen LogP contribution is 2.29. The lowest BCUT2D eigenvalue weighted by molar-refractivity contribution is -0.140. The molecule has 0 aliphatic rings. The maximum Gasteiger partial charge on any atom is 0.326 e. The smallest absolute Gasteiger partial charge is 0.326 e. The summed E-state index contributed by atoms with van der Waals surface area (Å²) in [5.41, 5.74) is 1.54. The standard InChI is InChI=1S/C16H12F2N2O2/c1-9(16(21)22)20-14-5-3-2-4-13(14)19-15(20)10-6-7-11(17)12(18)8-10/h2-9H,1H3,(H,21,22). The third-order valence-electron chi connectivity index (χ3n) is 3.52. The highest BCUT2D eigenvalue weighted by atomic mass is 19.2. The van der Waals surface area contributed by atoms with Gasteiger partial charge in [-0.1, -0.05) is 12.1 Å². The number of rotatable bonds is 3. The van der Waals surface area contributed by atoms with E-state index in [2.05, 4.69) is 4.98 Å². The van der Waals surface area contributed by atoms with Crippen molar-refractivity contribution in [2.24, 2.45) is 0 Å². The number of imidazole rings is 1. The van der Waals surface area contributed by atoms with Gasteiger partial charge < -0.3 is 9.67 Å². The zero-order valence-electron chi connectivity index (χ0n) is 11.6. The van der Waals surface area contributed by atoms with Gasteiger partial charge in [0.25, 0.3) is 0 Å². The van der Waals surface area contributed by atoms with Crippen molar-refractivity contribution in [3.63, 3.8) is 0 Å². The Bertz CT molecular complexity index is 874. The van der Waals surface area contributed by atoms with Crippen LogP contribution < -0.4 is 0 Å². The van der Waals surface area contributed by atoms with Crippen LogP contribution in [0.1, 0.15) is 13.0 Å². The molecule has 0 radical (unpaired) electrons. The van der Waals surface area contributed by atoms with Crippen molar-refractivity contribution in [3.05, 3.63) is 54.1 Å². The summed E-state index contributed by atoms with van der Waals surface area (Å²) < 4.78 is 28.1. The average molecular weight is 302 g/mol. The van der Waals surface area contributed by atoms with E-state index in [-0.39, 0.29) is 5.82 Å². The molecule has 0 spiro atoms. The van der Waals surface area contributed by atoms with Gasteiger partial charge in [0.2, 0.25) is 0 Å². The largest absolute Gasteiger partial charge is 0.480 e. The van der Waals surface area contributed by atoms with E-state index in [1.54, 1.807) is 24.3 Å². The SMILES string of the molecule is CC(C(=O)O)n1c(-c2ccc(F)c(F)c2)nc2ccccc21. The van der Waals surface area contributed by atoms with Gasteiger partial charge in [0.1, 0.15) is 11.9 Å². The summed E-state index contributed by atoms with van der Waals surface area (Å²) in [6.45, 7) is 1.51. The number of benzene rings is 2. The summed E-state index contributed by atoms with van der Waals surface area (Å²) >= 11 is 0. The summed E-state index contributed by atoms with van der Waals surface area (Å²) in [4.78, 5) is 15.7. The first kappa shape index (κ1) is 14.2. The van der Waals surface area contributed by atoms with Crippen molar-refractivity contribution in [1.29, 1.82) is 0 Å². The fourth-order valence-electron chi connectivity index (χ4n) is 2.39. The first-order valence-corrected chi connectivity index (χ1v) is 6.64. The van der Waals surface area contributed by atoms with E-state index in [9.17, 15) is 18.7 Å². The minimum absolute atomic E-state index is 0.287. The Morgan fingerprint density at radius 3 is 2.59 bits per heavy atom. The second-order valence-electron chi connectivity index (χ2n) is 4.94.